The molecule has 0 aliphatic carbocycles. The van der Waals surface area contributed by atoms with Crippen LogP contribution < -0.4 is 5.73 Å². The van der Waals surface area contributed by atoms with E-state index in [0.717, 1.165) is 12.1 Å². The Morgan fingerprint density at radius 3 is 2.08 bits per heavy atom. The maximum Gasteiger partial charge on any atom is 0.194 e. The van der Waals surface area contributed by atoms with Crippen LogP contribution in [0.3, 0.4) is 0 Å². The second-order valence-electron chi connectivity index (χ2n) is 2.48. The zero-order valence-corrected chi connectivity index (χ0v) is 6.81. The van der Waals surface area contributed by atoms with E-state index in [-0.39, 0.29) is 11.5 Å². The number of rotatable bonds is 1. The Balaban J connectivity index is 3.21. The number of nitrogens with zero attached hydrogens (tertiary/aromatic N) is 1. The number of nitrogens with two attached hydrogens (primary N) is 1. The molecule has 1 aromatic carbocycles. The third kappa shape index (κ3) is 2.21. The molecule has 2 N–H and O–H groups in total. The SMILES string of the molecule is CC(N)=Nc1cc(F)c(F)c(F)c1. The third-order valence-electron chi connectivity index (χ3n) is 1.27. The van der Waals surface area contributed by atoms with Crippen LogP contribution in [0.25, 0.3) is 0 Å². The van der Waals surface area contributed by atoms with Gasteiger partial charge in [-0.25, -0.2) is 18.2 Å². The molecule has 0 aliphatic rings. The van der Waals surface area contributed by atoms with E-state index in [0.29, 0.717) is 0 Å². The summed E-state index contributed by atoms with van der Waals surface area (Å²) in [6, 6.07) is 1.55. The fourth-order valence-corrected chi connectivity index (χ4v) is 0.810. The number of aliphatic imine (C=N–C) groups is 1. The van der Waals surface area contributed by atoms with Crippen molar-refractivity contribution in [3.8, 4) is 0 Å². The van der Waals surface area contributed by atoms with E-state index >= 15 is 0 Å². The van der Waals surface area contributed by atoms with Crippen LogP contribution in [0.4, 0.5) is 18.9 Å². The van der Waals surface area contributed by atoms with Crippen LogP contribution >= 0.6 is 0 Å². The van der Waals surface area contributed by atoms with Crippen LogP contribution in [0.15, 0.2) is 17.1 Å². The molecule has 0 radical (unpaired) electrons. The van der Waals surface area contributed by atoms with Gasteiger partial charge in [0.15, 0.2) is 17.5 Å². The minimum absolute atomic E-state index is 0.0450. The predicted octanol–water partition coefficient (Wildman–Crippen LogP) is 2.11. The first-order chi connectivity index (χ1) is 6.00. The van der Waals surface area contributed by atoms with E-state index in [9.17, 15) is 13.2 Å². The van der Waals surface area contributed by atoms with Crippen molar-refractivity contribution in [3.63, 3.8) is 0 Å². The number of amidine groups is 1. The van der Waals surface area contributed by atoms with Gasteiger partial charge in [0.1, 0.15) is 0 Å². The van der Waals surface area contributed by atoms with E-state index in [1.165, 1.54) is 6.92 Å². The van der Waals surface area contributed by atoms with Crippen LogP contribution in [0, 0.1) is 17.5 Å². The zero-order chi connectivity index (χ0) is 10.0. The van der Waals surface area contributed by atoms with Gasteiger partial charge in [0.05, 0.1) is 11.5 Å². The summed E-state index contributed by atoms with van der Waals surface area (Å²) in [6.45, 7) is 1.46. The summed E-state index contributed by atoms with van der Waals surface area (Å²) in [5.41, 5.74) is 5.13. The Morgan fingerprint density at radius 2 is 1.69 bits per heavy atom. The highest BCUT2D eigenvalue weighted by Gasteiger charge is 2.09. The van der Waals surface area contributed by atoms with Crippen molar-refractivity contribution < 1.29 is 13.2 Å². The minimum atomic E-state index is -1.51. The number of benzene rings is 1. The fourth-order valence-electron chi connectivity index (χ4n) is 0.810. The number of halogens is 3. The molecule has 1 rings (SSSR count). The van der Waals surface area contributed by atoms with E-state index in [4.69, 9.17) is 5.73 Å². The molecule has 0 spiro atoms. The van der Waals surface area contributed by atoms with Gasteiger partial charge in [-0.1, -0.05) is 0 Å². The maximum absolute atomic E-state index is 12.6. The average Bonchev–Trinajstić information content (AvgIpc) is 1.98. The molecule has 0 saturated carbocycles. The molecule has 0 unspecified atom stereocenters. The zero-order valence-electron chi connectivity index (χ0n) is 6.81. The molecule has 0 fully saturated rings. The van der Waals surface area contributed by atoms with Gasteiger partial charge in [0, 0.05) is 12.1 Å². The lowest BCUT2D eigenvalue weighted by atomic mass is 10.3. The second-order valence-corrected chi connectivity index (χ2v) is 2.48. The summed E-state index contributed by atoms with van der Waals surface area (Å²) in [4.78, 5) is 3.57. The predicted molar refractivity (Wildman–Crippen MR) is 43.3 cm³/mol. The van der Waals surface area contributed by atoms with Gasteiger partial charge in [-0.2, -0.15) is 0 Å². The largest absolute Gasteiger partial charge is 0.387 e. The van der Waals surface area contributed by atoms with Crippen LogP contribution in [0.1, 0.15) is 6.92 Å². The first kappa shape index (κ1) is 9.57. The summed E-state index contributed by atoms with van der Waals surface area (Å²) >= 11 is 0. The highest BCUT2D eigenvalue weighted by Crippen LogP contribution is 2.19. The van der Waals surface area contributed by atoms with Crippen molar-refractivity contribution in [1.82, 2.24) is 0 Å². The average molecular weight is 188 g/mol. The van der Waals surface area contributed by atoms with E-state index in [1.54, 1.807) is 0 Å². The Hall–Kier alpha value is -1.52. The van der Waals surface area contributed by atoms with E-state index < -0.39 is 17.5 Å². The van der Waals surface area contributed by atoms with Crippen molar-refractivity contribution >= 4 is 11.5 Å². The van der Waals surface area contributed by atoms with Crippen molar-refractivity contribution in [1.29, 1.82) is 0 Å². The molecule has 0 saturated heterocycles. The molecule has 0 heterocycles. The van der Waals surface area contributed by atoms with E-state index in [1.807, 2.05) is 0 Å². The number of hydrogen-bond acceptors (Lipinski definition) is 1. The van der Waals surface area contributed by atoms with Gasteiger partial charge in [-0.15, -0.1) is 0 Å². The second kappa shape index (κ2) is 3.47. The Kier molecular flexibility index (Phi) is 2.55. The Bertz CT molecular complexity index is 333. The Labute approximate surface area is 72.9 Å². The van der Waals surface area contributed by atoms with Gasteiger partial charge < -0.3 is 5.73 Å². The molecular formula is C8H7F3N2. The third-order valence-corrected chi connectivity index (χ3v) is 1.27. The lowest BCUT2D eigenvalue weighted by molar-refractivity contribution is 0.447. The molecule has 0 atom stereocenters. The van der Waals surface area contributed by atoms with E-state index in [2.05, 4.69) is 4.99 Å². The van der Waals surface area contributed by atoms with Crippen molar-refractivity contribution in [3.05, 3.63) is 29.6 Å². The smallest absolute Gasteiger partial charge is 0.194 e. The molecular weight excluding hydrogens is 181 g/mol. The summed E-state index contributed by atoms with van der Waals surface area (Å²) in [5.74, 6) is -3.92. The molecule has 0 bridgehead atoms. The van der Waals surface area contributed by atoms with Crippen molar-refractivity contribution in [2.45, 2.75) is 6.92 Å². The molecule has 70 valence electrons. The fraction of sp³-hybridized carbons (Fsp3) is 0.125. The summed E-state index contributed by atoms with van der Waals surface area (Å²) in [7, 11) is 0. The highest BCUT2D eigenvalue weighted by atomic mass is 19.2. The molecule has 13 heavy (non-hydrogen) atoms. The molecule has 0 amide bonds. The van der Waals surface area contributed by atoms with Gasteiger partial charge in [-0.3, -0.25) is 0 Å². The Morgan fingerprint density at radius 1 is 1.23 bits per heavy atom. The molecule has 0 aromatic heterocycles. The summed E-state index contributed by atoms with van der Waals surface area (Å²) in [5, 5.41) is 0. The monoisotopic (exact) mass is 188 g/mol. The first-order valence-corrected chi connectivity index (χ1v) is 3.46. The standard InChI is InChI=1S/C8H7F3N2/c1-4(12)13-5-2-6(9)8(11)7(10)3-5/h2-3H,1H3,(H2,12,13). The number of hydrogen-bond donors (Lipinski definition) is 1. The highest BCUT2D eigenvalue weighted by molar-refractivity contribution is 5.80. The van der Waals surface area contributed by atoms with Crippen LogP contribution in [-0.4, -0.2) is 5.84 Å². The minimum Gasteiger partial charge on any atom is -0.387 e. The molecule has 0 aliphatic heterocycles. The quantitative estimate of drug-likeness (QED) is 0.409. The lowest BCUT2D eigenvalue weighted by Crippen LogP contribution is -2.04. The van der Waals surface area contributed by atoms with Crippen LogP contribution in [-0.2, 0) is 0 Å². The lowest BCUT2D eigenvalue weighted by Gasteiger charge is -1.98. The van der Waals surface area contributed by atoms with Gasteiger partial charge >= 0.3 is 0 Å². The van der Waals surface area contributed by atoms with Crippen molar-refractivity contribution in [2.24, 2.45) is 10.7 Å². The summed E-state index contributed by atoms with van der Waals surface area (Å²) in [6.07, 6.45) is 0. The van der Waals surface area contributed by atoms with Crippen molar-refractivity contribution in [2.75, 3.05) is 0 Å². The van der Waals surface area contributed by atoms with Crippen LogP contribution in [0.2, 0.25) is 0 Å². The molecule has 5 heteroatoms. The van der Waals surface area contributed by atoms with Gasteiger partial charge in [-0.05, 0) is 6.92 Å². The topological polar surface area (TPSA) is 38.4 Å². The van der Waals surface area contributed by atoms with Crippen LogP contribution in [0.5, 0.6) is 0 Å². The normalized spacial score (nSPS) is 11.8. The maximum atomic E-state index is 12.6. The first-order valence-electron chi connectivity index (χ1n) is 3.46. The van der Waals surface area contributed by atoms with Gasteiger partial charge in [0.25, 0.3) is 0 Å². The molecule has 1 aromatic rings. The van der Waals surface area contributed by atoms with Gasteiger partial charge in [0.2, 0.25) is 0 Å². The molecule has 2 nitrogen and oxygen atoms in total. The summed E-state index contributed by atoms with van der Waals surface area (Å²) < 4.78 is 37.5.